The minimum Gasteiger partial charge on any atom is -0.309 e. The summed E-state index contributed by atoms with van der Waals surface area (Å²) in [7, 11) is -3.03. The number of fused-ring (bicyclic) bond motifs is 9. The number of hydrogen-bond donors (Lipinski definition) is 0. The molecular weight excluding hydrogens is 809 g/mol. The van der Waals surface area contributed by atoms with Crippen LogP contribution in [0.25, 0.3) is 86.3 Å². The Morgan fingerprint density at radius 1 is 0.266 bits per heavy atom. The number of benzene rings is 10. The summed E-state index contributed by atoms with van der Waals surface area (Å²) in [5, 5.41) is 13.1. The Morgan fingerprint density at radius 3 is 1.45 bits per heavy atom. The average Bonchev–Trinajstić information content (AvgIpc) is 4.02. The third-order valence-electron chi connectivity index (χ3n) is 13.5. The van der Waals surface area contributed by atoms with Gasteiger partial charge < -0.3 is 9.13 Å². The zero-order chi connectivity index (χ0) is 42.2. The summed E-state index contributed by atoms with van der Waals surface area (Å²) < 4.78 is 7.55. The Morgan fingerprint density at radius 2 is 0.750 bits per heavy atom. The molecule has 300 valence electrons. The molecule has 4 heteroatoms. The van der Waals surface area contributed by atoms with Gasteiger partial charge in [-0.05, 0) is 92.5 Å². The molecule has 0 saturated carbocycles. The molecule has 0 saturated heterocycles. The van der Waals surface area contributed by atoms with E-state index in [1.807, 2.05) is 11.3 Å². The third kappa shape index (κ3) is 5.56. The van der Waals surface area contributed by atoms with E-state index in [2.05, 4.69) is 252 Å². The fourth-order valence-electron chi connectivity index (χ4n) is 10.7. The summed E-state index contributed by atoms with van der Waals surface area (Å²) >= 11 is 1.88. The molecule has 0 bridgehead atoms. The predicted octanol–water partition coefficient (Wildman–Crippen LogP) is 13.3. The maximum Gasteiger partial charge on any atom is 0.179 e. The molecule has 64 heavy (non-hydrogen) atoms. The van der Waals surface area contributed by atoms with Gasteiger partial charge in [0.25, 0.3) is 0 Å². The van der Waals surface area contributed by atoms with Gasteiger partial charge in [-0.3, -0.25) is 0 Å². The van der Waals surface area contributed by atoms with E-state index < -0.39 is 8.07 Å². The molecule has 0 aliphatic heterocycles. The first kappa shape index (κ1) is 36.9. The fraction of sp³-hybridized carbons (Fsp3) is 0. The molecule has 0 spiro atoms. The van der Waals surface area contributed by atoms with E-state index in [1.54, 1.807) is 0 Å². The van der Waals surface area contributed by atoms with E-state index >= 15 is 0 Å². The average molecular weight is 849 g/mol. The molecule has 10 aromatic carbocycles. The zero-order valence-corrected chi connectivity index (χ0v) is 36.7. The van der Waals surface area contributed by atoms with Gasteiger partial charge in [-0.1, -0.05) is 182 Å². The molecule has 1 unspecified atom stereocenters. The van der Waals surface area contributed by atoms with Crippen molar-refractivity contribution in [3.8, 4) is 22.5 Å². The van der Waals surface area contributed by atoms with Crippen molar-refractivity contribution < 1.29 is 0 Å². The standard InChI is InChI=1S/C60H40N2SSi/c1-3-17-41(18-4-1)42-19-15-23-46(37-42)64(45-21-5-2-6-22-45,48-34-36-60-54(40-48)52-28-10-14-32-59(52)63-60)47-24-16-20-43(38-47)61-57-31-13-9-27-51(57)53-39-44(33-35-58(53)61)62-55-29-11-7-25-49(55)50-26-8-12-30-56(50)62/h1-40H. The molecule has 13 rings (SSSR count). The highest BCUT2D eigenvalue weighted by Gasteiger charge is 2.42. The molecule has 2 nitrogen and oxygen atoms in total. The maximum absolute atomic E-state index is 3.03. The summed E-state index contributed by atoms with van der Waals surface area (Å²) in [4.78, 5) is 0. The van der Waals surface area contributed by atoms with E-state index in [1.165, 1.54) is 95.7 Å². The second-order valence-electron chi connectivity index (χ2n) is 16.8. The first-order valence-electron chi connectivity index (χ1n) is 22.0. The third-order valence-corrected chi connectivity index (χ3v) is 19.3. The Kier molecular flexibility index (Phi) is 8.45. The topological polar surface area (TPSA) is 9.86 Å². The molecular formula is C60H40N2SSi. The van der Waals surface area contributed by atoms with Crippen LogP contribution in [0.2, 0.25) is 0 Å². The lowest BCUT2D eigenvalue weighted by molar-refractivity contribution is 1.17. The van der Waals surface area contributed by atoms with Gasteiger partial charge in [-0.25, -0.2) is 0 Å². The summed E-state index contributed by atoms with van der Waals surface area (Å²) in [5.41, 5.74) is 9.57. The van der Waals surface area contributed by atoms with Crippen LogP contribution >= 0.6 is 11.3 Å². The number of thiophene rings is 1. The Labute approximate surface area is 376 Å². The maximum atomic E-state index is 2.53. The quantitative estimate of drug-likeness (QED) is 0.112. The second-order valence-corrected chi connectivity index (χ2v) is 21.7. The van der Waals surface area contributed by atoms with Crippen molar-refractivity contribution >= 4 is 104 Å². The molecule has 0 amide bonds. The van der Waals surface area contributed by atoms with Crippen LogP contribution < -0.4 is 20.7 Å². The fourth-order valence-corrected chi connectivity index (χ4v) is 16.6. The lowest BCUT2D eigenvalue weighted by Crippen LogP contribution is -2.74. The summed E-state index contributed by atoms with van der Waals surface area (Å²) in [6.07, 6.45) is 0. The van der Waals surface area contributed by atoms with Crippen molar-refractivity contribution in [2.24, 2.45) is 0 Å². The number of para-hydroxylation sites is 3. The van der Waals surface area contributed by atoms with Crippen LogP contribution in [-0.2, 0) is 0 Å². The van der Waals surface area contributed by atoms with Crippen LogP contribution in [-0.4, -0.2) is 17.2 Å². The van der Waals surface area contributed by atoms with Crippen molar-refractivity contribution in [2.75, 3.05) is 0 Å². The smallest absolute Gasteiger partial charge is 0.179 e. The monoisotopic (exact) mass is 848 g/mol. The van der Waals surface area contributed by atoms with Gasteiger partial charge in [0.15, 0.2) is 8.07 Å². The van der Waals surface area contributed by atoms with Crippen molar-refractivity contribution in [2.45, 2.75) is 0 Å². The first-order chi connectivity index (χ1) is 31.7. The highest BCUT2D eigenvalue weighted by atomic mass is 32.1. The van der Waals surface area contributed by atoms with Gasteiger partial charge >= 0.3 is 0 Å². The van der Waals surface area contributed by atoms with Crippen LogP contribution in [0.3, 0.4) is 0 Å². The lowest BCUT2D eigenvalue weighted by atomic mass is 10.1. The van der Waals surface area contributed by atoms with Crippen LogP contribution in [0.15, 0.2) is 243 Å². The Balaban J connectivity index is 1.08. The molecule has 0 fully saturated rings. The summed E-state index contributed by atoms with van der Waals surface area (Å²) in [6.45, 7) is 0. The number of nitrogens with zero attached hydrogens (tertiary/aromatic N) is 2. The number of rotatable bonds is 7. The minimum atomic E-state index is -3.03. The van der Waals surface area contributed by atoms with Crippen molar-refractivity contribution in [3.05, 3.63) is 243 Å². The van der Waals surface area contributed by atoms with Gasteiger partial charge in [0.2, 0.25) is 0 Å². The zero-order valence-electron chi connectivity index (χ0n) is 34.9. The second kappa shape index (κ2) is 14.7. The first-order valence-corrected chi connectivity index (χ1v) is 24.8. The predicted molar refractivity (Wildman–Crippen MR) is 277 cm³/mol. The van der Waals surface area contributed by atoms with Gasteiger partial charge in [-0.15, -0.1) is 11.3 Å². The summed E-state index contributed by atoms with van der Waals surface area (Å²) in [6, 6.07) is 90.8. The molecule has 3 heterocycles. The molecule has 0 aliphatic rings. The van der Waals surface area contributed by atoms with E-state index in [-0.39, 0.29) is 0 Å². The van der Waals surface area contributed by atoms with Crippen molar-refractivity contribution in [3.63, 3.8) is 0 Å². The molecule has 0 aliphatic carbocycles. The minimum absolute atomic E-state index is 1.15. The SMILES string of the molecule is c1ccc(-c2cccc([Si](c3ccccc3)(c3cccc(-n4c5ccccc5c5cc(-n6c7ccccc7c7ccccc76)ccc54)c3)c3ccc4sc5ccccc5c4c3)c2)cc1. The van der Waals surface area contributed by atoms with Gasteiger partial charge in [0, 0.05) is 53.1 Å². The Hall–Kier alpha value is -7.76. The van der Waals surface area contributed by atoms with E-state index in [9.17, 15) is 0 Å². The molecule has 3 aromatic heterocycles. The van der Waals surface area contributed by atoms with Gasteiger partial charge in [-0.2, -0.15) is 0 Å². The van der Waals surface area contributed by atoms with Crippen LogP contribution in [0.5, 0.6) is 0 Å². The van der Waals surface area contributed by atoms with E-state index in [0.717, 1.165) is 11.4 Å². The molecule has 0 radical (unpaired) electrons. The van der Waals surface area contributed by atoms with Crippen molar-refractivity contribution in [1.82, 2.24) is 9.13 Å². The number of aromatic nitrogens is 2. The highest BCUT2D eigenvalue weighted by molar-refractivity contribution is 7.26. The van der Waals surface area contributed by atoms with Gasteiger partial charge in [0.05, 0.1) is 22.1 Å². The number of hydrogen-bond acceptors (Lipinski definition) is 1. The van der Waals surface area contributed by atoms with Gasteiger partial charge in [0.1, 0.15) is 0 Å². The van der Waals surface area contributed by atoms with E-state index in [4.69, 9.17) is 0 Å². The van der Waals surface area contributed by atoms with Crippen molar-refractivity contribution in [1.29, 1.82) is 0 Å². The normalized spacial score (nSPS) is 12.8. The highest BCUT2D eigenvalue weighted by Crippen LogP contribution is 2.38. The lowest BCUT2D eigenvalue weighted by Gasteiger charge is -2.35. The van der Waals surface area contributed by atoms with Crippen LogP contribution in [0, 0.1) is 0 Å². The van der Waals surface area contributed by atoms with Crippen LogP contribution in [0.1, 0.15) is 0 Å². The Bertz CT molecular complexity index is 3860. The van der Waals surface area contributed by atoms with E-state index in [0.29, 0.717) is 0 Å². The largest absolute Gasteiger partial charge is 0.309 e. The summed E-state index contributed by atoms with van der Waals surface area (Å²) in [5.74, 6) is 0. The van der Waals surface area contributed by atoms with Crippen LogP contribution in [0.4, 0.5) is 0 Å². The molecule has 13 aromatic rings. The molecule has 1 atom stereocenters. The molecule has 0 N–H and O–H groups in total.